The summed E-state index contributed by atoms with van der Waals surface area (Å²) in [5, 5.41) is 3.31. The Labute approximate surface area is 66.7 Å². The van der Waals surface area contributed by atoms with Crippen LogP contribution >= 0.6 is 0 Å². The zero-order chi connectivity index (χ0) is 7.68. The number of aliphatic imine (C=N–C) groups is 1. The summed E-state index contributed by atoms with van der Waals surface area (Å²) in [7, 11) is 0. The highest BCUT2D eigenvalue weighted by Gasteiger charge is 2.12. The van der Waals surface area contributed by atoms with E-state index in [9.17, 15) is 0 Å². The lowest BCUT2D eigenvalue weighted by molar-refractivity contribution is 0.635. The molecular weight excluding hydrogens is 136 g/mol. The molecule has 0 bridgehead atoms. The first-order valence-corrected chi connectivity index (χ1v) is 4.05. The van der Waals surface area contributed by atoms with E-state index in [4.69, 9.17) is 0 Å². The highest BCUT2D eigenvalue weighted by molar-refractivity contribution is 5.81. The molecule has 0 aromatic rings. The molecule has 0 radical (unpaired) electrons. The van der Waals surface area contributed by atoms with Crippen LogP contribution in [0, 0.1) is 0 Å². The molecule has 2 heteroatoms. The molecule has 0 aromatic carbocycles. The van der Waals surface area contributed by atoms with Crippen molar-refractivity contribution in [2.24, 2.45) is 4.99 Å². The molecule has 0 aromatic heterocycles. The van der Waals surface area contributed by atoms with Crippen molar-refractivity contribution in [2.45, 2.75) is 25.9 Å². The van der Waals surface area contributed by atoms with Crippen LogP contribution in [0.5, 0.6) is 0 Å². The van der Waals surface area contributed by atoms with Gasteiger partial charge in [0.1, 0.15) is 6.17 Å². The summed E-state index contributed by atoms with van der Waals surface area (Å²) in [4.78, 5) is 4.29. The van der Waals surface area contributed by atoms with Crippen LogP contribution in [-0.2, 0) is 0 Å². The molecule has 11 heavy (non-hydrogen) atoms. The first kappa shape index (κ1) is 6.65. The molecule has 1 aliphatic heterocycles. The molecule has 1 unspecified atom stereocenters. The Bertz CT molecular complexity index is 248. The van der Waals surface area contributed by atoms with Crippen LogP contribution < -0.4 is 5.32 Å². The molecule has 2 nitrogen and oxygen atoms in total. The van der Waals surface area contributed by atoms with Gasteiger partial charge in [0, 0.05) is 11.9 Å². The first-order valence-electron chi connectivity index (χ1n) is 4.05. The van der Waals surface area contributed by atoms with Gasteiger partial charge in [-0.2, -0.15) is 0 Å². The maximum absolute atomic E-state index is 4.29. The summed E-state index contributed by atoms with van der Waals surface area (Å²) in [6, 6.07) is 0. The van der Waals surface area contributed by atoms with Crippen LogP contribution in [0.25, 0.3) is 0 Å². The molecule has 2 rings (SSSR count). The number of hydrogen-bond donors (Lipinski definition) is 1. The predicted octanol–water partition coefficient (Wildman–Crippen LogP) is 1.61. The van der Waals surface area contributed by atoms with E-state index >= 15 is 0 Å². The van der Waals surface area contributed by atoms with E-state index in [0.29, 0.717) is 0 Å². The molecule has 0 spiro atoms. The van der Waals surface area contributed by atoms with E-state index in [1.54, 1.807) is 0 Å². The van der Waals surface area contributed by atoms with Crippen molar-refractivity contribution in [1.29, 1.82) is 0 Å². The van der Waals surface area contributed by atoms with Crippen LogP contribution in [0.15, 0.2) is 28.4 Å². The topological polar surface area (TPSA) is 24.4 Å². The van der Waals surface area contributed by atoms with Crippen LogP contribution in [0.2, 0.25) is 0 Å². The van der Waals surface area contributed by atoms with Gasteiger partial charge in [-0.3, -0.25) is 4.99 Å². The van der Waals surface area contributed by atoms with Crippen molar-refractivity contribution < 1.29 is 0 Å². The van der Waals surface area contributed by atoms with Crippen molar-refractivity contribution in [2.75, 3.05) is 0 Å². The van der Waals surface area contributed by atoms with Crippen LogP contribution in [0.3, 0.4) is 0 Å². The molecule has 1 heterocycles. The Hall–Kier alpha value is -1.05. The Morgan fingerprint density at radius 1 is 1.64 bits per heavy atom. The summed E-state index contributed by atoms with van der Waals surface area (Å²) >= 11 is 0. The molecule has 0 fully saturated rings. The highest BCUT2D eigenvalue weighted by Crippen LogP contribution is 2.18. The second-order valence-electron chi connectivity index (χ2n) is 2.98. The normalized spacial score (nSPS) is 28.3. The minimum Gasteiger partial charge on any atom is -0.364 e. The van der Waals surface area contributed by atoms with E-state index in [-0.39, 0.29) is 6.17 Å². The van der Waals surface area contributed by atoms with Gasteiger partial charge in [0.25, 0.3) is 0 Å². The van der Waals surface area contributed by atoms with Crippen molar-refractivity contribution >= 4 is 6.21 Å². The van der Waals surface area contributed by atoms with Crippen molar-refractivity contribution in [3.63, 3.8) is 0 Å². The lowest BCUT2D eigenvalue weighted by Crippen LogP contribution is -2.28. The van der Waals surface area contributed by atoms with Gasteiger partial charge in [-0.1, -0.05) is 6.08 Å². The number of hydrogen-bond acceptors (Lipinski definition) is 2. The Morgan fingerprint density at radius 2 is 2.55 bits per heavy atom. The Morgan fingerprint density at radius 3 is 3.45 bits per heavy atom. The SMILES string of the molecule is CC1N=CC2=C(C=CCC2)N1. The van der Waals surface area contributed by atoms with Gasteiger partial charge in [0.15, 0.2) is 0 Å². The molecule has 0 saturated carbocycles. The maximum Gasteiger partial charge on any atom is 0.115 e. The molecule has 2 aliphatic rings. The molecule has 0 amide bonds. The monoisotopic (exact) mass is 148 g/mol. The van der Waals surface area contributed by atoms with Crippen LogP contribution in [-0.4, -0.2) is 12.4 Å². The third-order valence-corrected chi connectivity index (χ3v) is 2.03. The van der Waals surface area contributed by atoms with Crippen molar-refractivity contribution in [3.8, 4) is 0 Å². The largest absolute Gasteiger partial charge is 0.364 e. The summed E-state index contributed by atoms with van der Waals surface area (Å²) in [6.45, 7) is 2.06. The summed E-state index contributed by atoms with van der Waals surface area (Å²) in [5.41, 5.74) is 2.62. The van der Waals surface area contributed by atoms with E-state index in [1.165, 1.54) is 11.3 Å². The van der Waals surface area contributed by atoms with E-state index in [2.05, 4.69) is 29.4 Å². The third kappa shape index (κ3) is 1.20. The fourth-order valence-electron chi connectivity index (χ4n) is 1.42. The zero-order valence-corrected chi connectivity index (χ0v) is 6.67. The van der Waals surface area contributed by atoms with E-state index < -0.39 is 0 Å². The second-order valence-corrected chi connectivity index (χ2v) is 2.98. The maximum atomic E-state index is 4.29. The molecule has 58 valence electrons. The summed E-state index contributed by atoms with van der Waals surface area (Å²) in [5.74, 6) is 0. The van der Waals surface area contributed by atoms with E-state index in [0.717, 1.165) is 12.8 Å². The van der Waals surface area contributed by atoms with Gasteiger partial charge in [-0.25, -0.2) is 0 Å². The quantitative estimate of drug-likeness (QED) is 0.554. The Balaban J connectivity index is 2.27. The highest BCUT2D eigenvalue weighted by atomic mass is 15.1. The average molecular weight is 148 g/mol. The lowest BCUT2D eigenvalue weighted by Gasteiger charge is -2.21. The predicted molar refractivity (Wildman–Crippen MR) is 46.5 cm³/mol. The zero-order valence-electron chi connectivity index (χ0n) is 6.67. The molecule has 1 aliphatic carbocycles. The fraction of sp³-hybridized carbons (Fsp3) is 0.444. The van der Waals surface area contributed by atoms with Gasteiger partial charge < -0.3 is 5.32 Å². The van der Waals surface area contributed by atoms with Gasteiger partial charge in [0.05, 0.1) is 0 Å². The minimum atomic E-state index is 0.247. The molecule has 0 saturated heterocycles. The molecular formula is C9H12N2. The standard InChI is InChI=1S/C9H12N2/c1-7-10-6-8-4-2-3-5-9(8)11-7/h3,5-7,11H,2,4H2,1H3. The first-order chi connectivity index (χ1) is 5.36. The number of allylic oxidation sites excluding steroid dienone is 3. The van der Waals surface area contributed by atoms with Crippen LogP contribution in [0.1, 0.15) is 19.8 Å². The molecule has 1 atom stereocenters. The van der Waals surface area contributed by atoms with Crippen molar-refractivity contribution in [3.05, 3.63) is 23.4 Å². The Kier molecular flexibility index (Phi) is 1.53. The summed E-state index contributed by atoms with van der Waals surface area (Å²) in [6.07, 6.45) is 8.89. The summed E-state index contributed by atoms with van der Waals surface area (Å²) < 4.78 is 0. The average Bonchev–Trinajstić information content (AvgIpc) is 2.04. The number of nitrogens with one attached hydrogen (secondary N) is 1. The van der Waals surface area contributed by atoms with Gasteiger partial charge >= 0.3 is 0 Å². The fourth-order valence-corrected chi connectivity index (χ4v) is 1.42. The van der Waals surface area contributed by atoms with Crippen LogP contribution in [0.4, 0.5) is 0 Å². The third-order valence-electron chi connectivity index (χ3n) is 2.03. The van der Waals surface area contributed by atoms with E-state index in [1.807, 2.05) is 6.21 Å². The van der Waals surface area contributed by atoms with Gasteiger partial charge in [-0.15, -0.1) is 0 Å². The minimum absolute atomic E-state index is 0.247. The second kappa shape index (κ2) is 2.53. The smallest absolute Gasteiger partial charge is 0.115 e. The lowest BCUT2D eigenvalue weighted by atomic mass is 10.0. The van der Waals surface area contributed by atoms with Gasteiger partial charge in [0.2, 0.25) is 0 Å². The number of rotatable bonds is 0. The van der Waals surface area contributed by atoms with Crippen molar-refractivity contribution in [1.82, 2.24) is 5.32 Å². The van der Waals surface area contributed by atoms with Gasteiger partial charge in [-0.05, 0) is 31.4 Å². The number of nitrogens with zero attached hydrogens (tertiary/aromatic N) is 1. The molecule has 1 N–H and O–H groups in total.